The van der Waals surface area contributed by atoms with Gasteiger partial charge in [-0.2, -0.15) is 0 Å². The number of rotatable bonds is 15. The number of carbonyl (C=O) groups is 6. The Kier molecular flexibility index (Phi) is 18.9. The van der Waals surface area contributed by atoms with Crippen molar-refractivity contribution in [3.63, 3.8) is 0 Å². The van der Waals surface area contributed by atoms with Crippen LogP contribution >= 0.6 is 0 Å². The van der Waals surface area contributed by atoms with E-state index in [1.54, 1.807) is 126 Å². The standard InChI is InChI=1S/C47H51NO14.C21H25NO5/c1-25-31(60-43(56)36(52)35(28-16-10-7-11-17-28)48-41(54)29-18-12-8-13-19-29)23-47(57)40(61-42(55)30-20-14-9-15-21-30)38-45(6,32(51)22-33-46(38,24-58-33)62-27(3)50)39(53)37(59-26(2)49)34(25)44(47,4)5;1-22-15-8-6-12-10-18(25-3)20(26-4)21(27-5)19(12)13-7-9-17(24-2)16(23)11-14(13)15/h7-21,31-33,35-38,40,51-52,57H,22-24H2,1-6H3,(H,48,54);7,9-11,15,22H,6,8H2,1-5H3/t31-,32-,33+,35-,36+,37+,38-,40-,45+,46-,47+;15-/m00/s1. The lowest BCUT2D eigenvalue weighted by atomic mass is 9.44. The first kappa shape index (κ1) is 65.0. The minimum absolute atomic E-state index is 0.00289. The molecule has 89 heavy (non-hydrogen) atoms. The van der Waals surface area contributed by atoms with Crippen molar-refractivity contribution in [3.05, 3.63) is 164 Å². The highest BCUT2D eigenvalue weighted by molar-refractivity contribution is 5.96. The average Bonchev–Trinajstić information content (AvgIpc) is 0.917. The Morgan fingerprint density at radius 2 is 1.36 bits per heavy atom. The zero-order valence-corrected chi connectivity index (χ0v) is 51.6. The lowest BCUT2D eigenvalue weighted by Gasteiger charge is -2.67. The highest BCUT2D eigenvalue weighted by Gasteiger charge is 2.78. The van der Waals surface area contributed by atoms with Gasteiger partial charge in [-0.3, -0.25) is 24.0 Å². The molecule has 4 aliphatic carbocycles. The fraction of sp³-hybridized carbons (Fsp3) is 0.426. The van der Waals surface area contributed by atoms with Crippen molar-refractivity contribution >= 4 is 35.6 Å². The number of nitrogens with one attached hydrogen (secondary N) is 2. The zero-order valence-electron chi connectivity index (χ0n) is 51.6. The smallest absolute Gasteiger partial charge is 0.338 e. The number of aryl methyl sites for hydroxylation is 1. The molecule has 12 atom stereocenters. The third-order valence-corrected chi connectivity index (χ3v) is 18.5. The Hall–Kier alpha value is -8.47. The van der Waals surface area contributed by atoms with Crippen molar-refractivity contribution in [1.29, 1.82) is 0 Å². The average molecular weight is 1230 g/mol. The normalized spacial score (nSPS) is 26.8. The number of aliphatic hydroxyl groups excluding tert-OH is 2. The molecule has 0 unspecified atom stereocenters. The summed E-state index contributed by atoms with van der Waals surface area (Å²) in [6, 6.07) is 30.2. The second kappa shape index (κ2) is 25.9. The zero-order chi connectivity index (χ0) is 64.5. The van der Waals surface area contributed by atoms with E-state index >= 15 is 4.79 Å². The summed E-state index contributed by atoms with van der Waals surface area (Å²) in [4.78, 5) is 96.0. The van der Waals surface area contributed by atoms with E-state index in [0.717, 1.165) is 48.9 Å². The highest BCUT2D eigenvalue weighted by Crippen LogP contribution is 2.65. The number of ether oxygens (including phenoxy) is 9. The first-order valence-electron chi connectivity index (χ1n) is 29.3. The number of fused-ring (bicyclic) bond motifs is 8. The number of aliphatic hydroxyl groups is 3. The molecule has 472 valence electrons. The van der Waals surface area contributed by atoms with Crippen molar-refractivity contribution in [2.75, 3.05) is 42.1 Å². The van der Waals surface area contributed by atoms with Crippen molar-refractivity contribution in [1.82, 2.24) is 10.6 Å². The van der Waals surface area contributed by atoms with Gasteiger partial charge in [0.2, 0.25) is 11.2 Å². The lowest BCUT2D eigenvalue weighted by molar-refractivity contribution is -0.346. The number of hydrogen-bond donors (Lipinski definition) is 5. The molecule has 21 heteroatoms. The molecule has 5 aliphatic rings. The number of ketones is 1. The lowest BCUT2D eigenvalue weighted by Crippen LogP contribution is -2.82. The quantitative estimate of drug-likeness (QED) is 0.0414. The van der Waals surface area contributed by atoms with Crippen LogP contribution in [0.2, 0.25) is 0 Å². The van der Waals surface area contributed by atoms with E-state index in [4.69, 9.17) is 42.6 Å². The van der Waals surface area contributed by atoms with Crippen LogP contribution in [0, 0.1) is 16.7 Å². The molecule has 0 spiro atoms. The molecule has 1 amide bonds. The van der Waals surface area contributed by atoms with Crippen LogP contribution in [0.4, 0.5) is 0 Å². The summed E-state index contributed by atoms with van der Waals surface area (Å²) in [6.45, 7) is 7.97. The summed E-state index contributed by atoms with van der Waals surface area (Å²) >= 11 is 0. The van der Waals surface area contributed by atoms with Gasteiger partial charge in [-0.15, -0.1) is 0 Å². The molecule has 1 aliphatic heterocycles. The molecule has 10 rings (SSSR count). The van der Waals surface area contributed by atoms with Gasteiger partial charge in [0.15, 0.2) is 40.8 Å². The van der Waals surface area contributed by atoms with Gasteiger partial charge >= 0.3 is 23.9 Å². The number of esters is 4. The molecule has 21 nitrogen and oxygen atoms in total. The molecular formula is C68H76N2O19. The summed E-state index contributed by atoms with van der Waals surface area (Å²) in [6.07, 6.45) is -8.87. The Balaban J connectivity index is 0.000000290. The van der Waals surface area contributed by atoms with Gasteiger partial charge in [-0.05, 0) is 110 Å². The van der Waals surface area contributed by atoms with Crippen LogP contribution in [0.25, 0.3) is 11.1 Å². The molecule has 2 bridgehead atoms. The second-order valence-corrected chi connectivity index (χ2v) is 23.7. The third-order valence-electron chi connectivity index (χ3n) is 18.5. The van der Waals surface area contributed by atoms with E-state index < -0.39 is 113 Å². The third kappa shape index (κ3) is 11.7. The Morgan fingerprint density at radius 1 is 0.742 bits per heavy atom. The van der Waals surface area contributed by atoms with E-state index in [2.05, 4.69) is 10.6 Å². The van der Waals surface area contributed by atoms with Gasteiger partial charge in [0.1, 0.15) is 23.9 Å². The SMILES string of the molecule is CC(=O)O[C@H]1C(=O)[C@@]2(C)[C@H]([C@H](OC(=O)c3ccccc3)[C@]3(O)C[C@H](OC(=O)[C@H](O)[C@@H](NC(=O)c4ccccc4)c4ccccc4)C(C)=C1C3(C)C)[C@]1(OC(C)=O)CO[C@@H]1C[C@@H]2O.CN[C@H]1CCc2cc(OC)c(OC)c(OC)c2-c2ccc(OC)c(=O)cc21. The van der Waals surface area contributed by atoms with Crippen LogP contribution in [0.15, 0.2) is 131 Å². The van der Waals surface area contributed by atoms with E-state index in [1.807, 2.05) is 19.2 Å². The minimum Gasteiger partial charge on any atom is -0.493 e. The Bertz CT molecular complexity index is 3620. The summed E-state index contributed by atoms with van der Waals surface area (Å²) < 4.78 is 52.3. The molecule has 5 aromatic rings. The first-order valence-corrected chi connectivity index (χ1v) is 29.3. The molecule has 0 aromatic heterocycles. The number of hydrogen-bond acceptors (Lipinski definition) is 20. The monoisotopic (exact) mass is 1220 g/mol. The first-order chi connectivity index (χ1) is 42.4. The molecule has 3 fully saturated rings. The van der Waals surface area contributed by atoms with Crippen LogP contribution in [0.5, 0.6) is 23.0 Å². The Morgan fingerprint density at radius 3 is 1.92 bits per heavy atom. The Labute approximate surface area is 515 Å². The van der Waals surface area contributed by atoms with Crippen LogP contribution < -0.4 is 35.0 Å². The fourth-order valence-corrected chi connectivity index (χ4v) is 13.9. The largest absolute Gasteiger partial charge is 0.493 e. The van der Waals surface area contributed by atoms with E-state index in [0.29, 0.717) is 28.6 Å². The molecule has 5 N–H and O–H groups in total. The van der Waals surface area contributed by atoms with E-state index in [9.17, 15) is 44.1 Å². The summed E-state index contributed by atoms with van der Waals surface area (Å²) in [5, 5.41) is 43.6. The molecule has 2 saturated carbocycles. The number of amides is 1. The van der Waals surface area contributed by atoms with E-state index in [1.165, 1.54) is 33.1 Å². The topological polar surface area (TPSA) is 287 Å². The number of carbonyl (C=O) groups excluding carboxylic acids is 6. The van der Waals surface area contributed by atoms with Crippen LogP contribution in [0.1, 0.15) is 110 Å². The molecule has 5 aromatic carbocycles. The molecular weight excluding hydrogens is 1150 g/mol. The van der Waals surface area contributed by atoms with Gasteiger partial charge in [0.25, 0.3) is 5.91 Å². The van der Waals surface area contributed by atoms with Gasteiger partial charge in [-0.1, -0.05) is 86.6 Å². The van der Waals surface area contributed by atoms with E-state index in [-0.39, 0.29) is 46.8 Å². The van der Waals surface area contributed by atoms with Crippen LogP contribution in [0.3, 0.4) is 0 Å². The van der Waals surface area contributed by atoms with Crippen molar-refractivity contribution < 1.29 is 86.7 Å². The van der Waals surface area contributed by atoms with Gasteiger partial charge in [0.05, 0.1) is 64.1 Å². The molecule has 1 saturated heterocycles. The van der Waals surface area contributed by atoms with Gasteiger partial charge < -0.3 is 68.6 Å². The maximum absolute atomic E-state index is 15.5. The maximum atomic E-state index is 15.5. The maximum Gasteiger partial charge on any atom is 0.338 e. The highest BCUT2D eigenvalue weighted by atomic mass is 16.6. The van der Waals surface area contributed by atoms with Crippen molar-refractivity contribution in [2.45, 2.75) is 127 Å². The van der Waals surface area contributed by atoms with Crippen molar-refractivity contribution in [3.8, 4) is 34.1 Å². The summed E-state index contributed by atoms with van der Waals surface area (Å²) in [5.74, 6) is -4.78. The van der Waals surface area contributed by atoms with Crippen molar-refractivity contribution in [2.24, 2.45) is 16.7 Å². The number of Topliss-reactive ketones (excluding diaryl/α,β-unsaturated/α-hetero) is 1. The van der Waals surface area contributed by atoms with Gasteiger partial charge in [-0.25, -0.2) is 9.59 Å². The molecule has 1 heterocycles. The number of benzene rings is 4. The predicted molar refractivity (Wildman–Crippen MR) is 322 cm³/mol. The number of methoxy groups -OCH3 is 4. The minimum atomic E-state index is -2.39. The van der Waals surface area contributed by atoms with Crippen LogP contribution in [-0.2, 0) is 49.3 Å². The predicted octanol–water partition coefficient (Wildman–Crippen LogP) is 6.69. The summed E-state index contributed by atoms with van der Waals surface area (Å²) in [5.41, 5.74) is -3.34. The molecule has 0 radical (unpaired) electrons. The van der Waals surface area contributed by atoms with Crippen LogP contribution in [-0.4, -0.2) is 141 Å². The summed E-state index contributed by atoms with van der Waals surface area (Å²) in [7, 11) is 8.21. The second-order valence-electron chi connectivity index (χ2n) is 23.7. The fourth-order valence-electron chi connectivity index (χ4n) is 13.9. The van der Waals surface area contributed by atoms with Gasteiger partial charge in [0, 0.05) is 49.3 Å².